The third-order valence-corrected chi connectivity index (χ3v) is 4.30. The maximum Gasteiger partial charge on any atom is 0.147 e. The fraction of sp³-hybridized carbons (Fsp3) is 0.375. The molecule has 2 rings (SSSR count). The molecule has 4 nitrogen and oxygen atoms in total. The first-order valence-electron chi connectivity index (χ1n) is 6.89. The fourth-order valence-corrected chi connectivity index (χ4v) is 2.89. The number of ether oxygens (including phenoxy) is 1. The van der Waals surface area contributed by atoms with Crippen LogP contribution >= 0.6 is 0 Å². The summed E-state index contributed by atoms with van der Waals surface area (Å²) in [4.78, 5) is 0. The molecule has 0 radical (unpaired) electrons. The summed E-state index contributed by atoms with van der Waals surface area (Å²) in [7, 11) is -2.98. The molecule has 1 N–H and O–H groups in total. The van der Waals surface area contributed by atoms with E-state index in [0.29, 0.717) is 24.3 Å². The summed E-state index contributed by atoms with van der Waals surface area (Å²) in [6.07, 6.45) is 1.01. The zero-order valence-electron chi connectivity index (χ0n) is 12.2. The number of hydrogen-bond donors (Lipinski definition) is 1. The maximum atomic E-state index is 11.1. The van der Waals surface area contributed by atoms with Gasteiger partial charge in [0.05, 0.1) is 18.5 Å². The normalized spacial score (nSPS) is 13.3. The average molecular weight is 308 g/mol. The van der Waals surface area contributed by atoms with E-state index < -0.39 is 15.9 Å². The van der Waals surface area contributed by atoms with Gasteiger partial charge in [0.1, 0.15) is 15.6 Å². The Hall–Kier alpha value is -1.59. The van der Waals surface area contributed by atoms with E-state index in [1.54, 1.807) is 6.92 Å². The Morgan fingerprint density at radius 1 is 1.19 bits per heavy atom. The fourth-order valence-electron chi connectivity index (χ4n) is 2.25. The van der Waals surface area contributed by atoms with E-state index in [1.165, 1.54) is 6.26 Å². The smallest absolute Gasteiger partial charge is 0.147 e. The molecule has 0 aromatic heterocycles. The molecule has 0 aliphatic heterocycles. The van der Waals surface area contributed by atoms with E-state index >= 15 is 0 Å². The summed E-state index contributed by atoms with van der Waals surface area (Å²) in [6, 6.07) is 11.6. The Morgan fingerprint density at radius 2 is 1.90 bits per heavy atom. The molecule has 0 amide bonds. The third kappa shape index (κ3) is 4.19. The van der Waals surface area contributed by atoms with Crippen LogP contribution in [-0.2, 0) is 9.84 Å². The molecule has 0 bridgehead atoms. The summed E-state index contributed by atoms with van der Waals surface area (Å²) >= 11 is 0. The largest absolute Gasteiger partial charge is 0.493 e. The minimum absolute atomic E-state index is 0.0990. The van der Waals surface area contributed by atoms with Crippen LogP contribution in [0.4, 0.5) is 0 Å². The van der Waals surface area contributed by atoms with Crippen molar-refractivity contribution in [1.29, 1.82) is 0 Å². The number of benzene rings is 2. The molecule has 1 atom stereocenters. The summed E-state index contributed by atoms with van der Waals surface area (Å²) < 4.78 is 28.1. The van der Waals surface area contributed by atoms with Gasteiger partial charge in [-0.2, -0.15) is 0 Å². The van der Waals surface area contributed by atoms with Crippen LogP contribution in [0, 0.1) is 0 Å². The van der Waals surface area contributed by atoms with Crippen LogP contribution in [-0.4, -0.2) is 32.1 Å². The van der Waals surface area contributed by atoms with Gasteiger partial charge in [-0.05, 0) is 18.7 Å². The Morgan fingerprint density at radius 3 is 2.57 bits per heavy atom. The molecule has 0 saturated carbocycles. The Kier molecular flexibility index (Phi) is 4.85. The molecule has 1 unspecified atom stereocenters. The molecule has 0 saturated heterocycles. The number of hydrogen-bond acceptors (Lipinski definition) is 4. The van der Waals surface area contributed by atoms with Crippen LogP contribution in [0.2, 0.25) is 0 Å². The van der Waals surface area contributed by atoms with Crippen LogP contribution in [0.5, 0.6) is 5.75 Å². The first kappa shape index (κ1) is 15.8. The van der Waals surface area contributed by atoms with E-state index in [2.05, 4.69) is 0 Å². The predicted octanol–water partition coefficient (Wildman–Crippen LogP) is 2.71. The van der Waals surface area contributed by atoms with Crippen LogP contribution < -0.4 is 4.74 Å². The van der Waals surface area contributed by atoms with E-state index in [4.69, 9.17) is 4.74 Å². The maximum absolute atomic E-state index is 11.1. The highest BCUT2D eigenvalue weighted by atomic mass is 32.2. The summed E-state index contributed by atoms with van der Waals surface area (Å²) in [5.74, 6) is 0.735. The molecule has 21 heavy (non-hydrogen) atoms. The van der Waals surface area contributed by atoms with E-state index in [0.717, 1.165) is 10.8 Å². The number of sulfone groups is 1. The van der Waals surface area contributed by atoms with Gasteiger partial charge in [-0.25, -0.2) is 8.42 Å². The zero-order chi connectivity index (χ0) is 15.5. The quantitative estimate of drug-likeness (QED) is 0.833. The standard InChI is InChI=1S/C16H20O4S/c1-12(17)14-9-8-13-6-3-4-7-15(13)16(14)20-10-5-11-21(2,18)19/h3-4,6-9,12,17H,5,10-11H2,1-2H3. The van der Waals surface area contributed by atoms with Gasteiger partial charge >= 0.3 is 0 Å². The van der Waals surface area contributed by atoms with E-state index in [-0.39, 0.29) is 5.75 Å². The van der Waals surface area contributed by atoms with Gasteiger partial charge in [-0.15, -0.1) is 0 Å². The van der Waals surface area contributed by atoms with Gasteiger partial charge in [-0.3, -0.25) is 0 Å². The van der Waals surface area contributed by atoms with Gasteiger partial charge < -0.3 is 9.84 Å². The molecule has 0 heterocycles. The number of rotatable bonds is 6. The van der Waals surface area contributed by atoms with Crippen molar-refractivity contribution in [2.75, 3.05) is 18.6 Å². The highest BCUT2D eigenvalue weighted by Crippen LogP contribution is 2.33. The molecule has 0 spiro atoms. The topological polar surface area (TPSA) is 63.6 Å². The van der Waals surface area contributed by atoms with Crippen molar-refractivity contribution in [3.8, 4) is 5.75 Å². The van der Waals surface area contributed by atoms with Gasteiger partial charge in [0.15, 0.2) is 0 Å². The second-order valence-corrected chi connectivity index (χ2v) is 7.47. The van der Waals surface area contributed by atoms with Crippen molar-refractivity contribution in [2.24, 2.45) is 0 Å². The third-order valence-electron chi connectivity index (χ3n) is 3.27. The summed E-state index contributed by atoms with van der Waals surface area (Å²) in [6.45, 7) is 1.99. The van der Waals surface area contributed by atoms with Gasteiger partial charge in [-0.1, -0.05) is 36.4 Å². The molecule has 2 aromatic carbocycles. The molecular formula is C16H20O4S. The summed E-state index contributed by atoms with van der Waals surface area (Å²) in [5, 5.41) is 11.8. The van der Waals surface area contributed by atoms with Crippen molar-refractivity contribution in [3.63, 3.8) is 0 Å². The van der Waals surface area contributed by atoms with Crippen molar-refractivity contribution < 1.29 is 18.3 Å². The number of aliphatic hydroxyl groups excluding tert-OH is 1. The SMILES string of the molecule is CC(O)c1ccc2ccccc2c1OCCCS(C)(=O)=O. The second-order valence-electron chi connectivity index (χ2n) is 5.21. The van der Waals surface area contributed by atoms with Crippen LogP contribution in [0.15, 0.2) is 36.4 Å². The lowest BCUT2D eigenvalue weighted by Crippen LogP contribution is -2.09. The molecule has 114 valence electrons. The average Bonchev–Trinajstić information content (AvgIpc) is 2.42. The Balaban J connectivity index is 2.25. The van der Waals surface area contributed by atoms with Crippen molar-refractivity contribution >= 4 is 20.6 Å². The predicted molar refractivity (Wildman–Crippen MR) is 84.4 cm³/mol. The van der Waals surface area contributed by atoms with Crippen molar-refractivity contribution in [1.82, 2.24) is 0 Å². The highest BCUT2D eigenvalue weighted by Gasteiger charge is 2.13. The first-order valence-corrected chi connectivity index (χ1v) is 8.95. The monoisotopic (exact) mass is 308 g/mol. The molecule has 0 fully saturated rings. The van der Waals surface area contributed by atoms with Crippen LogP contribution in [0.3, 0.4) is 0 Å². The lowest BCUT2D eigenvalue weighted by molar-refractivity contribution is 0.192. The molecule has 2 aromatic rings. The van der Waals surface area contributed by atoms with Gasteiger partial charge in [0.25, 0.3) is 0 Å². The van der Waals surface area contributed by atoms with Crippen molar-refractivity contribution in [3.05, 3.63) is 42.0 Å². The zero-order valence-corrected chi connectivity index (χ0v) is 13.1. The molecule has 0 aliphatic carbocycles. The molecule has 5 heteroatoms. The minimum atomic E-state index is -2.98. The lowest BCUT2D eigenvalue weighted by Gasteiger charge is -2.16. The second kappa shape index (κ2) is 6.45. The Labute approximate surface area is 125 Å². The van der Waals surface area contributed by atoms with Crippen LogP contribution in [0.1, 0.15) is 25.0 Å². The van der Waals surface area contributed by atoms with Crippen LogP contribution in [0.25, 0.3) is 10.8 Å². The Bertz CT molecular complexity index is 720. The van der Waals surface area contributed by atoms with E-state index in [9.17, 15) is 13.5 Å². The lowest BCUT2D eigenvalue weighted by atomic mass is 10.0. The molecular weight excluding hydrogens is 288 g/mol. The summed E-state index contributed by atoms with van der Waals surface area (Å²) in [5.41, 5.74) is 0.716. The minimum Gasteiger partial charge on any atom is -0.493 e. The number of aliphatic hydroxyl groups is 1. The highest BCUT2D eigenvalue weighted by molar-refractivity contribution is 7.90. The first-order chi connectivity index (χ1) is 9.88. The van der Waals surface area contributed by atoms with Gasteiger partial charge in [0, 0.05) is 17.2 Å². The van der Waals surface area contributed by atoms with Gasteiger partial charge in [0.2, 0.25) is 0 Å². The van der Waals surface area contributed by atoms with Crippen molar-refractivity contribution in [2.45, 2.75) is 19.4 Å². The molecule has 0 aliphatic rings. The number of fused-ring (bicyclic) bond motifs is 1. The van der Waals surface area contributed by atoms with E-state index in [1.807, 2.05) is 36.4 Å².